The lowest BCUT2D eigenvalue weighted by Gasteiger charge is -2.21. The normalized spacial score (nSPS) is 24.9. The Morgan fingerprint density at radius 2 is 1.71 bits per heavy atom. The van der Waals surface area contributed by atoms with E-state index >= 15 is 0 Å². The highest BCUT2D eigenvalue weighted by atomic mass is 19.4. The van der Waals surface area contributed by atoms with Gasteiger partial charge in [-0.1, -0.05) is 12.1 Å². The largest absolute Gasteiger partial charge is 0.479 e. The molecule has 152 valence electrons. The van der Waals surface area contributed by atoms with E-state index in [0.717, 1.165) is 0 Å². The molecule has 3 rings (SSSR count). The first kappa shape index (κ1) is 20.1. The van der Waals surface area contributed by atoms with E-state index in [1.165, 1.54) is 24.3 Å². The Labute approximate surface area is 157 Å². The summed E-state index contributed by atoms with van der Waals surface area (Å²) in [6.45, 7) is 0. The van der Waals surface area contributed by atoms with Crippen molar-refractivity contribution in [3.05, 3.63) is 35.6 Å². The average Bonchev–Trinajstić information content (AvgIpc) is 3.49. The van der Waals surface area contributed by atoms with E-state index < -0.39 is 46.8 Å². The van der Waals surface area contributed by atoms with Crippen LogP contribution in [0.5, 0.6) is 0 Å². The number of benzene rings is 1. The number of carbonyl (C=O) groups is 3. The third-order valence-corrected chi connectivity index (χ3v) is 5.23. The van der Waals surface area contributed by atoms with Crippen molar-refractivity contribution in [2.75, 3.05) is 0 Å². The fourth-order valence-electron chi connectivity index (χ4n) is 3.16. The van der Waals surface area contributed by atoms with Crippen molar-refractivity contribution in [2.45, 2.75) is 49.4 Å². The molecular formula is C18H18F4N2O4. The average molecular weight is 402 g/mol. The Bertz CT molecular complexity index is 805. The van der Waals surface area contributed by atoms with Gasteiger partial charge < -0.3 is 15.7 Å². The highest BCUT2D eigenvalue weighted by Crippen LogP contribution is 2.51. The van der Waals surface area contributed by atoms with Crippen LogP contribution in [0.1, 0.15) is 31.2 Å². The van der Waals surface area contributed by atoms with Crippen molar-refractivity contribution < 1.29 is 37.1 Å². The number of rotatable bonds is 7. The Kier molecular flexibility index (Phi) is 4.84. The fraction of sp³-hybridized carbons (Fsp3) is 0.500. The molecule has 1 aromatic rings. The quantitative estimate of drug-likeness (QED) is 0.608. The molecule has 0 aliphatic heterocycles. The maximum atomic E-state index is 13.0. The number of amides is 2. The van der Waals surface area contributed by atoms with Gasteiger partial charge in [0.1, 0.15) is 11.4 Å². The van der Waals surface area contributed by atoms with Gasteiger partial charge in [0.05, 0.1) is 5.92 Å². The van der Waals surface area contributed by atoms with E-state index in [0.29, 0.717) is 5.56 Å². The number of aryl methyl sites for hydroxylation is 1. The minimum atomic E-state index is -4.61. The molecule has 2 fully saturated rings. The highest BCUT2D eigenvalue weighted by molar-refractivity contribution is 5.99. The summed E-state index contributed by atoms with van der Waals surface area (Å²) in [5, 5.41) is 13.6. The first-order chi connectivity index (χ1) is 13.0. The predicted octanol–water partition coefficient (Wildman–Crippen LogP) is 1.93. The molecule has 0 saturated heterocycles. The summed E-state index contributed by atoms with van der Waals surface area (Å²) in [6, 6.07) is 5.41. The molecule has 0 radical (unpaired) electrons. The minimum Gasteiger partial charge on any atom is -0.479 e. The monoisotopic (exact) mass is 402 g/mol. The van der Waals surface area contributed by atoms with Crippen LogP contribution in [0.4, 0.5) is 17.6 Å². The number of hydrogen-bond acceptors (Lipinski definition) is 3. The fourth-order valence-corrected chi connectivity index (χ4v) is 3.16. The summed E-state index contributed by atoms with van der Waals surface area (Å²) >= 11 is 0. The van der Waals surface area contributed by atoms with Crippen LogP contribution in [0, 0.1) is 11.7 Å². The van der Waals surface area contributed by atoms with Crippen molar-refractivity contribution >= 4 is 17.8 Å². The number of halogens is 4. The van der Waals surface area contributed by atoms with Crippen LogP contribution in [-0.4, -0.2) is 40.1 Å². The molecule has 2 aliphatic carbocycles. The van der Waals surface area contributed by atoms with Crippen molar-refractivity contribution in [3.8, 4) is 0 Å². The SMILES string of the molecule is O=C(CCc1ccc(F)cc1)NC1(C(=O)O)C[C@H]1C(=O)NC1(C(F)(F)F)CC1. The molecule has 2 saturated carbocycles. The maximum absolute atomic E-state index is 13.0. The van der Waals surface area contributed by atoms with Gasteiger partial charge in [0.25, 0.3) is 0 Å². The number of nitrogens with one attached hydrogen (secondary N) is 2. The van der Waals surface area contributed by atoms with Crippen molar-refractivity contribution in [3.63, 3.8) is 0 Å². The van der Waals surface area contributed by atoms with Gasteiger partial charge in [-0.3, -0.25) is 9.59 Å². The lowest BCUT2D eigenvalue weighted by Crippen LogP contribution is -2.52. The summed E-state index contributed by atoms with van der Waals surface area (Å²) in [5.74, 6) is -4.86. The van der Waals surface area contributed by atoms with Crippen molar-refractivity contribution in [2.24, 2.45) is 5.92 Å². The molecule has 28 heavy (non-hydrogen) atoms. The van der Waals surface area contributed by atoms with E-state index in [1.54, 1.807) is 0 Å². The number of carboxylic acids is 1. The lowest BCUT2D eigenvalue weighted by molar-refractivity contribution is -0.171. The molecule has 1 aromatic carbocycles. The number of hydrogen-bond donors (Lipinski definition) is 3. The van der Waals surface area contributed by atoms with Gasteiger partial charge in [-0.05, 0) is 43.4 Å². The number of carbonyl (C=O) groups excluding carboxylic acids is 2. The zero-order chi connectivity index (χ0) is 20.7. The second-order valence-electron chi connectivity index (χ2n) is 7.28. The zero-order valence-corrected chi connectivity index (χ0v) is 14.6. The molecule has 2 amide bonds. The first-order valence-electron chi connectivity index (χ1n) is 8.67. The van der Waals surface area contributed by atoms with Gasteiger partial charge in [-0.25, -0.2) is 9.18 Å². The number of alkyl halides is 3. The minimum absolute atomic E-state index is 0.110. The van der Waals surface area contributed by atoms with Gasteiger partial charge in [-0.2, -0.15) is 13.2 Å². The van der Waals surface area contributed by atoms with E-state index in [2.05, 4.69) is 5.32 Å². The smallest absolute Gasteiger partial charge is 0.411 e. The van der Waals surface area contributed by atoms with Crippen LogP contribution < -0.4 is 10.6 Å². The molecule has 1 unspecified atom stereocenters. The third-order valence-electron chi connectivity index (χ3n) is 5.23. The Balaban J connectivity index is 1.58. The van der Waals surface area contributed by atoms with Gasteiger partial charge in [0, 0.05) is 6.42 Å². The predicted molar refractivity (Wildman–Crippen MR) is 87.5 cm³/mol. The molecule has 3 N–H and O–H groups in total. The van der Waals surface area contributed by atoms with Crippen LogP contribution in [-0.2, 0) is 20.8 Å². The second-order valence-corrected chi connectivity index (χ2v) is 7.28. The highest BCUT2D eigenvalue weighted by Gasteiger charge is 2.69. The lowest BCUT2D eigenvalue weighted by atomic mass is 10.1. The summed E-state index contributed by atoms with van der Waals surface area (Å²) in [4.78, 5) is 35.8. The molecule has 0 spiro atoms. The summed E-state index contributed by atoms with van der Waals surface area (Å²) in [7, 11) is 0. The Morgan fingerprint density at radius 3 is 2.21 bits per heavy atom. The topological polar surface area (TPSA) is 95.5 Å². The maximum Gasteiger partial charge on any atom is 0.411 e. The molecule has 2 aliphatic rings. The Hall–Kier alpha value is -2.65. The third kappa shape index (κ3) is 3.81. The summed E-state index contributed by atoms with van der Waals surface area (Å²) in [5.41, 5.74) is -3.53. The molecule has 2 atom stereocenters. The molecule has 0 aromatic heterocycles. The first-order valence-corrected chi connectivity index (χ1v) is 8.67. The van der Waals surface area contributed by atoms with Crippen molar-refractivity contribution in [1.29, 1.82) is 0 Å². The molecule has 10 heteroatoms. The van der Waals surface area contributed by atoms with Crippen LogP contribution in [0.15, 0.2) is 24.3 Å². The second kappa shape index (κ2) is 6.75. The van der Waals surface area contributed by atoms with Gasteiger partial charge in [0.15, 0.2) is 5.54 Å². The van der Waals surface area contributed by atoms with Gasteiger partial charge in [-0.15, -0.1) is 0 Å². The molecule has 0 heterocycles. The van der Waals surface area contributed by atoms with Crippen LogP contribution in [0.3, 0.4) is 0 Å². The van der Waals surface area contributed by atoms with E-state index in [1.807, 2.05) is 5.32 Å². The van der Waals surface area contributed by atoms with E-state index in [-0.39, 0.29) is 32.1 Å². The van der Waals surface area contributed by atoms with E-state index in [9.17, 15) is 37.1 Å². The Morgan fingerprint density at radius 1 is 1.11 bits per heavy atom. The van der Waals surface area contributed by atoms with Crippen molar-refractivity contribution in [1.82, 2.24) is 10.6 Å². The number of aliphatic carboxylic acids is 1. The zero-order valence-electron chi connectivity index (χ0n) is 14.6. The molecule has 0 bridgehead atoms. The van der Waals surface area contributed by atoms with Gasteiger partial charge in [0.2, 0.25) is 11.8 Å². The summed E-state index contributed by atoms with van der Waals surface area (Å²) < 4.78 is 51.8. The molecule has 6 nitrogen and oxygen atoms in total. The van der Waals surface area contributed by atoms with E-state index in [4.69, 9.17) is 0 Å². The van der Waals surface area contributed by atoms with Crippen LogP contribution >= 0.6 is 0 Å². The van der Waals surface area contributed by atoms with Crippen LogP contribution in [0.2, 0.25) is 0 Å². The standard InChI is InChI=1S/C18H18F4N2O4/c19-11-4-1-10(2-5-11)3-6-13(25)23-17(15(27)28)9-12(17)14(26)24-16(7-8-16)18(20,21)22/h1-2,4-5,12H,3,6-9H2,(H,23,25)(H,24,26)(H,27,28)/t12-,17?/m0/s1. The van der Waals surface area contributed by atoms with Crippen LogP contribution in [0.25, 0.3) is 0 Å². The number of carboxylic acid groups (broad SMARTS) is 1. The van der Waals surface area contributed by atoms with Gasteiger partial charge >= 0.3 is 12.1 Å². The molecular weight excluding hydrogens is 384 g/mol. The summed E-state index contributed by atoms with van der Waals surface area (Å²) in [6.07, 6.45) is -5.28.